The minimum Gasteiger partial charge on any atom is -0.444 e. The third kappa shape index (κ3) is 4.74. The van der Waals surface area contributed by atoms with Gasteiger partial charge >= 0.3 is 28.6 Å². The summed E-state index contributed by atoms with van der Waals surface area (Å²) in [6, 6.07) is -2.92. The molecule has 33 heavy (non-hydrogen) atoms. The van der Waals surface area contributed by atoms with Gasteiger partial charge in [0.2, 0.25) is 0 Å². The number of rotatable bonds is 4. The zero-order chi connectivity index (χ0) is 24.1. The first-order valence-electron chi connectivity index (χ1n) is 10.5. The number of nitrogens with zero attached hydrogens (tertiary/aromatic N) is 5. The predicted molar refractivity (Wildman–Crippen MR) is 110 cm³/mol. The zero-order valence-electron chi connectivity index (χ0n) is 18.4. The Bertz CT molecular complexity index is 1070. The summed E-state index contributed by atoms with van der Waals surface area (Å²) in [6.07, 6.45) is 2.49. The topological polar surface area (TPSA) is 164 Å². The van der Waals surface area contributed by atoms with Gasteiger partial charge in [-0.05, 0) is 33.6 Å². The van der Waals surface area contributed by atoms with Crippen LogP contribution in [-0.4, -0.2) is 87.5 Å². The number of fused-ring (bicyclic) bond motifs is 4. The minimum absolute atomic E-state index is 0.00557. The first-order valence-corrected chi connectivity index (χ1v) is 11.8. The van der Waals surface area contributed by atoms with Crippen LogP contribution in [0.5, 0.6) is 0 Å². The molecule has 4 heterocycles. The number of alkyl carbamates (subject to hydrolysis) is 1. The van der Waals surface area contributed by atoms with Crippen molar-refractivity contribution in [2.24, 2.45) is 0 Å². The molecule has 182 valence electrons. The summed E-state index contributed by atoms with van der Waals surface area (Å²) in [4.78, 5) is 40.8. The lowest BCUT2D eigenvalue weighted by molar-refractivity contribution is -0.0317. The van der Waals surface area contributed by atoms with Gasteiger partial charge in [-0.3, -0.25) is 4.55 Å². The lowest BCUT2D eigenvalue weighted by Crippen LogP contribution is -2.42. The molecular weight excluding hydrogens is 460 g/mol. The van der Waals surface area contributed by atoms with E-state index in [1.807, 2.05) is 0 Å². The van der Waals surface area contributed by atoms with Gasteiger partial charge < -0.3 is 19.9 Å². The monoisotopic (exact) mass is 486 g/mol. The second-order valence-corrected chi connectivity index (χ2v) is 10.1. The Morgan fingerprint density at radius 1 is 1.27 bits per heavy atom. The second-order valence-electron chi connectivity index (χ2n) is 9.07. The second kappa shape index (κ2) is 8.14. The van der Waals surface area contributed by atoms with E-state index in [9.17, 15) is 22.8 Å². The van der Waals surface area contributed by atoms with Gasteiger partial charge in [-0.2, -0.15) is 23.3 Å². The Balaban J connectivity index is 1.64. The molecule has 0 saturated carbocycles. The quantitative estimate of drug-likeness (QED) is 0.592. The van der Waals surface area contributed by atoms with Crippen molar-refractivity contribution in [3.05, 3.63) is 17.5 Å². The van der Waals surface area contributed by atoms with Gasteiger partial charge in [-0.15, -0.1) is 4.28 Å². The molecule has 2 fully saturated rings. The number of urea groups is 1. The minimum atomic E-state index is -4.98. The summed E-state index contributed by atoms with van der Waals surface area (Å²) in [5, 5.41) is 7.50. The van der Waals surface area contributed by atoms with Crippen LogP contribution in [0.25, 0.3) is 0 Å². The fourth-order valence-corrected chi connectivity index (χ4v) is 4.56. The molecule has 2 bridgehead atoms. The van der Waals surface area contributed by atoms with Crippen molar-refractivity contribution in [1.82, 2.24) is 30.0 Å². The maximum absolute atomic E-state index is 12.9. The molecule has 2 saturated heterocycles. The highest BCUT2D eigenvalue weighted by molar-refractivity contribution is 7.80. The molecule has 2 N–H and O–H groups in total. The van der Waals surface area contributed by atoms with Gasteiger partial charge in [0.25, 0.3) is 0 Å². The van der Waals surface area contributed by atoms with E-state index in [0.717, 1.165) is 17.5 Å². The van der Waals surface area contributed by atoms with Gasteiger partial charge in [0.1, 0.15) is 11.6 Å². The average Bonchev–Trinajstić information content (AvgIpc) is 3.41. The Hall–Kier alpha value is -2.91. The Labute approximate surface area is 190 Å². The zero-order valence-corrected chi connectivity index (χ0v) is 19.2. The Kier molecular flexibility index (Phi) is 5.74. The first kappa shape index (κ1) is 23.3. The molecule has 0 unspecified atom stereocenters. The van der Waals surface area contributed by atoms with Gasteiger partial charge in [-0.25, -0.2) is 14.4 Å². The number of carbonyl (C=O) groups excluding carboxylic acids is 3. The number of hydroxylamine groups is 2. The summed E-state index contributed by atoms with van der Waals surface area (Å²) >= 11 is 0. The predicted octanol–water partition coefficient (Wildman–Crippen LogP) is 1.04. The van der Waals surface area contributed by atoms with Crippen molar-refractivity contribution in [2.75, 3.05) is 26.2 Å². The fraction of sp³-hybridized carbons (Fsp3) is 0.667. The van der Waals surface area contributed by atoms with Crippen LogP contribution in [0.4, 0.5) is 14.4 Å². The molecule has 15 heteroatoms. The van der Waals surface area contributed by atoms with Crippen molar-refractivity contribution >= 4 is 28.6 Å². The lowest BCUT2D eigenvalue weighted by Gasteiger charge is -2.30. The molecule has 2 atom stereocenters. The highest BCUT2D eigenvalue weighted by atomic mass is 32.3. The number of ether oxygens (including phenoxy) is 1. The number of nitrogens with one attached hydrogen (secondary N) is 1. The van der Waals surface area contributed by atoms with Crippen molar-refractivity contribution in [2.45, 2.75) is 51.3 Å². The van der Waals surface area contributed by atoms with Crippen molar-refractivity contribution in [3.8, 4) is 0 Å². The number of hydrogen-bond acceptors (Lipinski definition) is 8. The Morgan fingerprint density at radius 3 is 2.55 bits per heavy atom. The molecular formula is C18H26N6O8S. The third-order valence-electron chi connectivity index (χ3n) is 5.50. The van der Waals surface area contributed by atoms with Crippen LogP contribution in [0, 0.1) is 0 Å². The van der Waals surface area contributed by atoms with E-state index in [-0.39, 0.29) is 19.1 Å². The lowest BCUT2D eigenvalue weighted by atomic mass is 9.98. The van der Waals surface area contributed by atoms with Crippen LogP contribution >= 0.6 is 0 Å². The molecule has 0 spiro atoms. The van der Waals surface area contributed by atoms with Crippen molar-refractivity contribution in [3.63, 3.8) is 0 Å². The SMILES string of the molecule is CC(C)(C)OC(=O)NC[C@@H]1c2nn(C(=O)N3CCCC3)cc2[C@H]2CN1C(=O)N2OS(=O)(=O)O. The number of likely N-dealkylation sites (tertiary alicyclic amines) is 1. The maximum Gasteiger partial charge on any atom is 0.418 e. The van der Waals surface area contributed by atoms with E-state index in [4.69, 9.17) is 9.29 Å². The number of amides is 4. The largest absolute Gasteiger partial charge is 0.444 e. The van der Waals surface area contributed by atoms with Crippen LogP contribution < -0.4 is 5.32 Å². The van der Waals surface area contributed by atoms with Crippen LogP contribution in [0.15, 0.2) is 6.20 Å². The maximum atomic E-state index is 12.9. The molecule has 0 aromatic carbocycles. The van der Waals surface area contributed by atoms with Crippen LogP contribution in [0.2, 0.25) is 0 Å². The summed E-state index contributed by atoms with van der Waals surface area (Å²) in [5.74, 6) is 0. The molecule has 1 aromatic rings. The molecule has 0 radical (unpaired) electrons. The third-order valence-corrected chi connectivity index (χ3v) is 5.85. The van der Waals surface area contributed by atoms with E-state index < -0.39 is 40.2 Å². The molecule has 0 aliphatic carbocycles. The van der Waals surface area contributed by atoms with Crippen LogP contribution in [-0.2, 0) is 19.4 Å². The van der Waals surface area contributed by atoms with Crippen LogP contribution in [0.3, 0.4) is 0 Å². The van der Waals surface area contributed by atoms with Crippen molar-refractivity contribution < 1.29 is 36.4 Å². The first-order chi connectivity index (χ1) is 15.3. The molecule has 14 nitrogen and oxygen atoms in total. The average molecular weight is 487 g/mol. The fourth-order valence-electron chi connectivity index (χ4n) is 4.19. The van der Waals surface area contributed by atoms with Crippen LogP contribution in [0.1, 0.15) is 57.0 Å². The van der Waals surface area contributed by atoms with E-state index in [1.165, 1.54) is 11.1 Å². The van der Waals surface area contributed by atoms with E-state index in [1.54, 1.807) is 25.7 Å². The number of carbonyl (C=O) groups is 3. The summed E-state index contributed by atoms with van der Waals surface area (Å²) in [6.45, 7) is 6.21. The van der Waals surface area contributed by atoms with Crippen molar-refractivity contribution in [1.29, 1.82) is 0 Å². The smallest absolute Gasteiger partial charge is 0.418 e. The molecule has 4 rings (SSSR count). The molecule has 3 aliphatic heterocycles. The van der Waals surface area contributed by atoms with Gasteiger partial charge in [-0.1, -0.05) is 0 Å². The summed E-state index contributed by atoms with van der Waals surface area (Å²) in [5.41, 5.74) is -0.0471. The number of aromatic nitrogens is 2. The van der Waals surface area contributed by atoms with E-state index in [0.29, 0.717) is 29.4 Å². The standard InChI is InChI=1S/C18H26N6O8S/c1-18(2,3)31-15(25)19-8-12-14-11(9-23(20-14)16(26)21-6-4-5-7-21)13-10-22(12)17(27)24(13)32-33(28,29)30/h9,12-13H,4-8,10H2,1-3H3,(H,19,25)(H,28,29,30)/t12-,13-/m1/s1. The molecule has 3 aliphatic rings. The van der Waals surface area contributed by atoms with Gasteiger partial charge in [0, 0.05) is 31.4 Å². The van der Waals surface area contributed by atoms with E-state index in [2.05, 4.69) is 14.7 Å². The van der Waals surface area contributed by atoms with Gasteiger partial charge in [0.15, 0.2) is 0 Å². The highest BCUT2D eigenvalue weighted by Gasteiger charge is 2.52. The molecule has 1 aromatic heterocycles. The highest BCUT2D eigenvalue weighted by Crippen LogP contribution is 2.43. The van der Waals surface area contributed by atoms with Gasteiger partial charge in [0.05, 0.1) is 18.3 Å². The Morgan fingerprint density at radius 2 is 1.94 bits per heavy atom. The van der Waals surface area contributed by atoms with E-state index >= 15 is 0 Å². The number of hydrogen-bond donors (Lipinski definition) is 2. The summed E-state index contributed by atoms with van der Waals surface area (Å²) in [7, 11) is -4.98. The summed E-state index contributed by atoms with van der Waals surface area (Å²) < 4.78 is 42.7. The molecule has 4 amide bonds. The normalized spacial score (nSPS) is 22.5.